The number of para-hydroxylation sites is 2. The summed E-state index contributed by atoms with van der Waals surface area (Å²) >= 11 is 0. The van der Waals surface area contributed by atoms with E-state index in [9.17, 15) is 28.8 Å². The van der Waals surface area contributed by atoms with Crippen molar-refractivity contribution in [3.8, 4) is 46.3 Å². The third-order valence-corrected chi connectivity index (χ3v) is 14.8. The van der Waals surface area contributed by atoms with Crippen LogP contribution >= 0.6 is 0 Å². The van der Waals surface area contributed by atoms with Crippen LogP contribution in [0.15, 0.2) is 69.8 Å². The van der Waals surface area contributed by atoms with Crippen molar-refractivity contribution < 1.29 is 37.6 Å². The number of hydrogen-bond acceptors (Lipinski definition) is 12. The van der Waals surface area contributed by atoms with E-state index in [-0.39, 0.29) is 84.2 Å². The molecule has 0 bridgehead atoms. The van der Waals surface area contributed by atoms with E-state index in [1.165, 1.54) is 0 Å². The number of nitrogens with one attached hydrogen (secondary N) is 8. The van der Waals surface area contributed by atoms with Crippen LogP contribution in [0.25, 0.3) is 44.5 Å². The minimum absolute atomic E-state index is 0.0694. The number of benzene rings is 2. The number of nitrogens with zero attached hydrogens (tertiary/aromatic N) is 4. The minimum Gasteiger partial charge on any atom is -0.437 e. The molecule has 6 heterocycles. The van der Waals surface area contributed by atoms with Crippen molar-refractivity contribution in [1.29, 1.82) is 0 Å². The molecule has 6 aromatic rings. The van der Waals surface area contributed by atoms with Gasteiger partial charge in [0.25, 0.3) is 11.8 Å². The van der Waals surface area contributed by atoms with Crippen molar-refractivity contribution in [3.05, 3.63) is 84.1 Å². The van der Waals surface area contributed by atoms with Gasteiger partial charge in [0.15, 0.2) is 22.9 Å². The van der Waals surface area contributed by atoms with Crippen LogP contribution in [0.5, 0.6) is 0 Å². The Bertz CT molecular complexity index is 3160. The lowest BCUT2D eigenvalue weighted by Crippen LogP contribution is -2.57. The maximum absolute atomic E-state index is 14.3. The zero-order chi connectivity index (χ0) is 57.5. The van der Waals surface area contributed by atoms with E-state index in [1.807, 2.05) is 90.1 Å². The monoisotopic (exact) mass is 1090 g/mol. The summed E-state index contributed by atoms with van der Waals surface area (Å²) in [5, 5.41) is 19.3. The molecule has 0 unspecified atom stereocenters. The molecular formula is C60H74N12O8. The maximum Gasteiger partial charge on any atom is 0.273 e. The molecule has 4 aromatic heterocycles. The molecule has 80 heavy (non-hydrogen) atoms. The third kappa shape index (κ3) is 12.8. The second-order valence-corrected chi connectivity index (χ2v) is 22.6. The highest BCUT2D eigenvalue weighted by Gasteiger charge is 2.44. The first kappa shape index (κ1) is 58.0. The van der Waals surface area contributed by atoms with Crippen molar-refractivity contribution in [3.63, 3.8) is 0 Å². The minimum atomic E-state index is -0.825. The van der Waals surface area contributed by atoms with Gasteiger partial charge in [0.1, 0.15) is 24.2 Å². The Balaban J connectivity index is 0.917. The van der Waals surface area contributed by atoms with E-state index in [4.69, 9.17) is 18.8 Å². The Morgan fingerprint density at radius 2 is 1.01 bits per heavy atom. The van der Waals surface area contributed by atoms with Gasteiger partial charge in [0.05, 0.1) is 12.1 Å². The number of amides is 6. The quantitative estimate of drug-likeness (QED) is 0.0338. The summed E-state index contributed by atoms with van der Waals surface area (Å²) in [5.41, 5.74) is 1.90. The number of hydrogen-bond donors (Lipinski definition) is 8. The molecule has 6 atom stereocenters. The molecule has 2 aromatic carbocycles. The molecule has 0 radical (unpaired) electrons. The van der Waals surface area contributed by atoms with E-state index < -0.39 is 58.9 Å². The van der Waals surface area contributed by atoms with Gasteiger partial charge in [-0.2, -0.15) is 0 Å². The van der Waals surface area contributed by atoms with Crippen LogP contribution in [0.3, 0.4) is 0 Å². The Morgan fingerprint density at radius 3 is 1.39 bits per heavy atom. The lowest BCUT2D eigenvalue weighted by molar-refractivity contribution is -0.141. The normalized spacial score (nSPS) is 17.0. The van der Waals surface area contributed by atoms with E-state index in [1.54, 1.807) is 50.1 Å². The second-order valence-electron chi connectivity index (χ2n) is 22.6. The summed E-state index contributed by atoms with van der Waals surface area (Å²) in [4.78, 5) is 102. The first-order valence-electron chi connectivity index (χ1n) is 27.4. The fourth-order valence-corrected chi connectivity index (χ4v) is 10.0. The van der Waals surface area contributed by atoms with Crippen molar-refractivity contribution in [2.24, 2.45) is 10.8 Å². The average molecular weight is 1090 g/mol. The van der Waals surface area contributed by atoms with Crippen LogP contribution in [0.2, 0.25) is 0 Å². The number of oxazole rings is 2. The van der Waals surface area contributed by atoms with Crippen molar-refractivity contribution in [1.82, 2.24) is 61.6 Å². The number of carbonyl (C=O) groups excluding carboxylic acids is 6. The summed E-state index contributed by atoms with van der Waals surface area (Å²) in [7, 11) is 3.37. The van der Waals surface area contributed by atoms with Gasteiger partial charge >= 0.3 is 0 Å². The lowest BCUT2D eigenvalue weighted by Gasteiger charge is -2.35. The van der Waals surface area contributed by atoms with Gasteiger partial charge in [-0.15, -0.1) is 0 Å². The lowest BCUT2D eigenvalue weighted by atomic mass is 9.85. The molecule has 8 rings (SSSR count). The van der Waals surface area contributed by atoms with Crippen LogP contribution in [0, 0.1) is 34.5 Å². The summed E-state index contributed by atoms with van der Waals surface area (Å²) in [6.45, 7) is 16.1. The van der Waals surface area contributed by atoms with E-state index in [0.717, 1.165) is 21.8 Å². The van der Waals surface area contributed by atoms with Gasteiger partial charge in [-0.05, 0) is 88.4 Å². The number of rotatable bonds is 18. The molecule has 2 saturated heterocycles. The Hall–Kier alpha value is -8.20. The van der Waals surface area contributed by atoms with Crippen molar-refractivity contribution >= 4 is 57.2 Å². The SMILES string of the molecule is CN[C@@H](C)C(=O)N[C@H](C(=O)N1CCC[C@H]1c1nc(C(=O)NCCC#CC#CCCNC(=O)c2nc([C@@H]3CCCN3C(=O)[C@@H](NC(=O)[C@H](C)NC)C(C)(C)C)oc2-c2c[nH]c3ccccc23)c(-c2c[nH]c3ccccc23)o1)C(C)(C)C. The summed E-state index contributed by atoms with van der Waals surface area (Å²) < 4.78 is 13.0. The second kappa shape index (κ2) is 24.9. The summed E-state index contributed by atoms with van der Waals surface area (Å²) in [5.74, 6) is 10.6. The van der Waals surface area contributed by atoms with Crippen LogP contribution in [0.4, 0.5) is 0 Å². The molecule has 2 fully saturated rings. The average Bonchev–Trinajstić information content (AvgIpc) is 4.34. The van der Waals surface area contributed by atoms with Gasteiger partial charge in [0, 0.05) is 84.3 Å². The number of fused-ring (bicyclic) bond motifs is 2. The van der Waals surface area contributed by atoms with E-state index in [0.29, 0.717) is 49.9 Å². The topological polar surface area (TPSA) is 265 Å². The highest BCUT2D eigenvalue weighted by molar-refractivity contribution is 6.04. The van der Waals surface area contributed by atoms with Crippen LogP contribution in [0.1, 0.15) is 139 Å². The largest absolute Gasteiger partial charge is 0.437 e. The summed E-state index contributed by atoms with van der Waals surface area (Å²) in [6, 6.07) is 11.5. The number of carbonyl (C=O) groups is 6. The molecule has 0 spiro atoms. The van der Waals surface area contributed by atoms with Gasteiger partial charge in [-0.3, -0.25) is 28.8 Å². The molecule has 422 valence electrons. The Labute approximate surface area is 466 Å². The smallest absolute Gasteiger partial charge is 0.273 e. The highest BCUT2D eigenvalue weighted by atomic mass is 16.4. The number of likely N-dealkylation sites (N-methyl/N-ethyl adjacent to an activating group) is 2. The number of aromatic amines is 2. The van der Waals surface area contributed by atoms with Crippen molar-refractivity contribution in [2.75, 3.05) is 40.3 Å². The zero-order valence-corrected chi connectivity index (χ0v) is 47.4. The molecule has 0 aliphatic carbocycles. The molecular weight excluding hydrogens is 1020 g/mol. The third-order valence-electron chi connectivity index (χ3n) is 14.8. The first-order chi connectivity index (χ1) is 38.2. The molecule has 2 aliphatic rings. The Kier molecular flexibility index (Phi) is 18.0. The molecule has 20 heteroatoms. The first-order valence-corrected chi connectivity index (χ1v) is 27.4. The highest BCUT2D eigenvalue weighted by Crippen LogP contribution is 2.41. The van der Waals surface area contributed by atoms with E-state index in [2.05, 4.69) is 65.6 Å². The van der Waals surface area contributed by atoms with Gasteiger partial charge in [0.2, 0.25) is 35.4 Å². The molecule has 0 saturated carbocycles. The molecule has 2 aliphatic heterocycles. The number of aromatic nitrogens is 4. The van der Waals surface area contributed by atoms with Crippen molar-refractivity contribution in [2.45, 2.75) is 130 Å². The van der Waals surface area contributed by atoms with Gasteiger partial charge in [-0.1, -0.05) is 89.8 Å². The van der Waals surface area contributed by atoms with Crippen LogP contribution in [-0.2, 0) is 19.2 Å². The Morgan fingerprint density at radius 1 is 0.625 bits per heavy atom. The summed E-state index contributed by atoms with van der Waals surface area (Å²) in [6.07, 6.45) is 6.57. The zero-order valence-electron chi connectivity index (χ0n) is 47.4. The van der Waals surface area contributed by atoms with Crippen LogP contribution < -0.4 is 31.9 Å². The molecule has 6 amide bonds. The maximum atomic E-state index is 14.3. The number of likely N-dealkylation sites (tertiary alicyclic amines) is 2. The number of H-pyrrole nitrogens is 2. The standard InChI is InChI=1S/C60H74N12O8/c1-35(61-9)51(73)69-49(59(3,4)5)57(77)71-31-21-27-43(71)55-67-45(47(79-55)39-33-65-41-25-17-15-23-37(39)41)53(75)63-29-19-13-11-12-14-20-30-64-54(76)46-48(40-34-66-42-26-18-16-24-38(40)42)80-56(68-46)44-28-22-32-72(44)58(78)50(60(6,7)8)70-52(74)36(2)62-10/h15-18,23-26,33-36,43-44,49-50,61-62,65-66H,19-22,27-32H2,1-10H3,(H,63,75)(H,64,76)(H,69,73)(H,70,74)/t35-,36-,43-,44-,49+,50+/m0/s1. The van der Waals surface area contributed by atoms with Gasteiger partial charge < -0.3 is 60.5 Å². The fourth-order valence-electron chi connectivity index (χ4n) is 10.0. The fraction of sp³-hybridized carbons (Fsp3) is 0.467. The van der Waals surface area contributed by atoms with Gasteiger partial charge in [-0.25, -0.2) is 9.97 Å². The predicted molar refractivity (Wildman–Crippen MR) is 304 cm³/mol. The molecule has 20 nitrogen and oxygen atoms in total. The molecule has 8 N–H and O–H groups in total. The van der Waals surface area contributed by atoms with E-state index >= 15 is 0 Å². The predicted octanol–water partition coefficient (Wildman–Crippen LogP) is 6.51. The van der Waals surface area contributed by atoms with Crippen LogP contribution in [-0.4, -0.2) is 130 Å².